The van der Waals surface area contributed by atoms with Gasteiger partial charge in [-0.15, -0.1) is 0 Å². The van der Waals surface area contributed by atoms with E-state index in [9.17, 15) is 0 Å². The van der Waals surface area contributed by atoms with Crippen LogP contribution in [0.2, 0.25) is 0 Å². The van der Waals surface area contributed by atoms with Crippen LogP contribution in [0.15, 0.2) is 0 Å². The molecule has 0 rings (SSSR count). The summed E-state index contributed by atoms with van der Waals surface area (Å²) >= 11 is 1.75. The summed E-state index contributed by atoms with van der Waals surface area (Å²) in [5, 5.41) is 8.15. The number of hydrogen-bond donors (Lipinski definition) is 0. The van der Waals surface area contributed by atoms with Crippen LogP contribution in [-0.4, -0.2) is 0 Å². The van der Waals surface area contributed by atoms with E-state index in [0.717, 1.165) is 0 Å². The molecule has 52 valence electrons. The van der Waals surface area contributed by atoms with Crippen LogP contribution in [0.3, 0.4) is 0 Å². The maximum atomic E-state index is 8.15. The zero-order valence-corrected chi connectivity index (χ0v) is 8.05. The first-order chi connectivity index (χ1) is 3.56. The predicted molar refractivity (Wildman–Crippen MR) is 30.9 cm³/mol. The molecule has 0 aromatic rings. The summed E-state index contributed by atoms with van der Waals surface area (Å²) in [7, 11) is 4.58. The third-order valence-electron chi connectivity index (χ3n) is 0.335. The van der Waals surface area contributed by atoms with Crippen molar-refractivity contribution < 1.29 is 20.0 Å². The van der Waals surface area contributed by atoms with Crippen LogP contribution in [0.25, 0.3) is 0 Å². The van der Waals surface area contributed by atoms with E-state index in [-0.39, 0.29) is 5.41 Å². The molecule has 0 unspecified atom stereocenters. The number of hydrogen-bond acceptors (Lipinski definition) is 1. The van der Waals surface area contributed by atoms with Crippen molar-refractivity contribution in [2.45, 2.75) is 20.8 Å². The van der Waals surface area contributed by atoms with Gasteiger partial charge in [0, 0.05) is 5.41 Å². The Labute approximate surface area is 66.8 Å². The maximum absolute atomic E-state index is 8.15. The van der Waals surface area contributed by atoms with Gasteiger partial charge in [-0.2, -0.15) is 5.26 Å². The first-order valence-electron chi connectivity index (χ1n) is 2.09. The van der Waals surface area contributed by atoms with Crippen LogP contribution in [0.4, 0.5) is 0 Å². The molecule has 0 aromatic carbocycles. The predicted octanol–water partition coefficient (Wildman–Crippen LogP) is 2.24. The first kappa shape index (κ1) is 11.3. The van der Waals surface area contributed by atoms with E-state index in [0.29, 0.717) is 0 Å². The Hall–Kier alpha value is 0.520. The zero-order valence-electron chi connectivity index (χ0n) is 5.13. The van der Waals surface area contributed by atoms with Crippen molar-refractivity contribution in [3.05, 3.63) is 0 Å². The van der Waals surface area contributed by atoms with Gasteiger partial charge < -0.3 is 0 Å². The monoisotopic (exact) mass is 315 g/mol. The van der Waals surface area contributed by atoms with Gasteiger partial charge in [0.15, 0.2) is 0 Å². The molecule has 0 saturated heterocycles. The number of halogens is 1. The van der Waals surface area contributed by atoms with Gasteiger partial charge in [0.05, 0.1) is 6.07 Å². The van der Waals surface area contributed by atoms with Gasteiger partial charge in [-0.25, -0.2) is 0 Å². The van der Waals surface area contributed by atoms with Crippen molar-refractivity contribution in [2.75, 3.05) is 0 Å². The van der Waals surface area contributed by atoms with E-state index in [2.05, 4.69) is 15.3 Å². The Balaban J connectivity index is 0. The fraction of sp³-hybridized carbons (Fsp3) is 0.800. The molecule has 0 heterocycles. The summed E-state index contributed by atoms with van der Waals surface area (Å²) in [4.78, 5) is 0. The molecule has 0 fully saturated rings. The van der Waals surface area contributed by atoms with Gasteiger partial charge in [0.1, 0.15) is 0 Å². The van der Waals surface area contributed by atoms with Gasteiger partial charge in [-0.05, 0) is 20.8 Å². The van der Waals surface area contributed by atoms with Crippen LogP contribution in [0, 0.1) is 16.7 Å². The quantitative estimate of drug-likeness (QED) is 0.629. The van der Waals surface area contributed by atoms with E-state index in [1.165, 1.54) is 0 Å². The number of nitrogens with zero attached hydrogens (tertiary/aromatic N) is 1. The average molecular weight is 316 g/mol. The van der Waals surface area contributed by atoms with Gasteiger partial charge in [-0.3, -0.25) is 0 Å². The summed E-state index contributed by atoms with van der Waals surface area (Å²) in [6.45, 7) is 5.65. The molecule has 0 spiro atoms. The molecule has 0 amide bonds. The van der Waals surface area contributed by atoms with E-state index in [1.54, 1.807) is 20.0 Å². The van der Waals surface area contributed by atoms with Crippen molar-refractivity contribution in [3.8, 4) is 6.07 Å². The Kier molecular flexibility index (Phi) is 8.01. The topological polar surface area (TPSA) is 23.8 Å². The molecule has 8 heavy (non-hydrogen) atoms. The molecule has 0 aliphatic carbocycles. The van der Waals surface area contributed by atoms with Crippen molar-refractivity contribution in [1.29, 1.82) is 5.26 Å². The second-order valence-corrected chi connectivity index (χ2v) is 2.36. The van der Waals surface area contributed by atoms with Crippen LogP contribution in [-0.2, 0) is 20.0 Å². The summed E-state index contributed by atoms with van der Waals surface area (Å²) in [6, 6.07) is 2.10. The molecule has 0 aromatic heterocycles. The van der Waals surface area contributed by atoms with Crippen molar-refractivity contribution in [2.24, 2.45) is 5.41 Å². The normalized spacial score (nSPS) is 8.62. The fourth-order valence-corrected chi connectivity index (χ4v) is 0. The van der Waals surface area contributed by atoms with Crippen molar-refractivity contribution >= 4 is 9.19 Å². The van der Waals surface area contributed by atoms with E-state index < -0.39 is 0 Å². The molecule has 0 bridgehead atoms. The SMILES string of the molecule is CC(C)(C)C#N.[Cl][Au]. The molecule has 0 N–H and O–H groups in total. The summed E-state index contributed by atoms with van der Waals surface area (Å²) in [5.74, 6) is 0. The summed E-state index contributed by atoms with van der Waals surface area (Å²) < 4.78 is 0. The Morgan fingerprint density at radius 3 is 1.50 bits per heavy atom. The fourth-order valence-electron chi connectivity index (χ4n) is 0. The third-order valence-corrected chi connectivity index (χ3v) is 0.335. The Morgan fingerprint density at radius 1 is 1.38 bits per heavy atom. The van der Waals surface area contributed by atoms with Gasteiger partial charge in [-0.1, -0.05) is 0 Å². The standard InChI is InChI=1S/C5H9N.Au.ClH/c1-5(2,3)4-6;;/h1-3H3;;1H/q;+1;/p-1. The van der Waals surface area contributed by atoms with Crippen LogP contribution < -0.4 is 0 Å². The van der Waals surface area contributed by atoms with E-state index in [1.807, 2.05) is 20.8 Å². The molecule has 3 heteroatoms. The van der Waals surface area contributed by atoms with Gasteiger partial charge >= 0.3 is 29.2 Å². The van der Waals surface area contributed by atoms with Gasteiger partial charge in [0.25, 0.3) is 0 Å². The summed E-state index contributed by atoms with van der Waals surface area (Å²) in [5.41, 5.74) is -0.153. The zero-order chi connectivity index (χ0) is 7.21. The second-order valence-electron chi connectivity index (χ2n) is 2.36. The molecule has 0 radical (unpaired) electrons. The molecule has 0 saturated carbocycles. The van der Waals surface area contributed by atoms with E-state index in [4.69, 9.17) is 5.26 Å². The van der Waals surface area contributed by atoms with Crippen LogP contribution >= 0.6 is 9.19 Å². The molecule has 0 aliphatic heterocycles. The number of rotatable bonds is 0. The van der Waals surface area contributed by atoms with E-state index >= 15 is 0 Å². The minimum absolute atomic E-state index is 0.153. The third kappa shape index (κ3) is 16.0. The molecule has 1 nitrogen and oxygen atoms in total. The Bertz CT molecular complexity index is 79.4. The second kappa shape index (κ2) is 5.65. The first-order valence-corrected chi connectivity index (χ1v) is 4.77. The Morgan fingerprint density at radius 2 is 1.50 bits per heavy atom. The van der Waals surface area contributed by atoms with Crippen LogP contribution in [0.5, 0.6) is 0 Å². The van der Waals surface area contributed by atoms with Gasteiger partial charge in [0.2, 0.25) is 0 Å². The summed E-state index contributed by atoms with van der Waals surface area (Å²) in [6.07, 6.45) is 0. The molecule has 0 aliphatic rings. The average Bonchev–Trinajstić information content (AvgIpc) is 1.71. The van der Waals surface area contributed by atoms with Crippen molar-refractivity contribution in [3.63, 3.8) is 0 Å². The minimum atomic E-state index is -0.153. The van der Waals surface area contributed by atoms with Crippen LogP contribution in [0.1, 0.15) is 20.8 Å². The molecular formula is C5H9AuClN. The molecular weight excluding hydrogens is 306 g/mol. The molecule has 0 atom stereocenters. The van der Waals surface area contributed by atoms with Crippen molar-refractivity contribution in [1.82, 2.24) is 0 Å². The number of nitriles is 1.